The van der Waals surface area contributed by atoms with Gasteiger partial charge in [-0.1, -0.05) is 60.1 Å². The van der Waals surface area contributed by atoms with Crippen molar-refractivity contribution in [3.05, 3.63) is 71.5 Å². The molecule has 0 aliphatic carbocycles. The van der Waals surface area contributed by atoms with Gasteiger partial charge >= 0.3 is 0 Å². The van der Waals surface area contributed by atoms with E-state index in [0.717, 1.165) is 65.7 Å². The van der Waals surface area contributed by atoms with E-state index in [9.17, 15) is 0 Å². The van der Waals surface area contributed by atoms with Gasteiger partial charge in [-0.05, 0) is 48.8 Å². The van der Waals surface area contributed by atoms with Crippen molar-refractivity contribution in [1.82, 2.24) is 30.6 Å². The third kappa shape index (κ3) is 4.66. The van der Waals surface area contributed by atoms with Crippen molar-refractivity contribution in [3.63, 3.8) is 0 Å². The van der Waals surface area contributed by atoms with E-state index in [4.69, 9.17) is 11.6 Å². The van der Waals surface area contributed by atoms with E-state index >= 15 is 0 Å². The highest BCUT2D eigenvalue weighted by Crippen LogP contribution is 2.32. The van der Waals surface area contributed by atoms with Gasteiger partial charge in [-0.15, -0.1) is 0 Å². The van der Waals surface area contributed by atoms with E-state index in [-0.39, 0.29) is 6.04 Å². The summed E-state index contributed by atoms with van der Waals surface area (Å²) in [7, 11) is 0. The lowest BCUT2D eigenvalue weighted by Crippen LogP contribution is -2.15. The van der Waals surface area contributed by atoms with Gasteiger partial charge in [0.1, 0.15) is 11.6 Å². The van der Waals surface area contributed by atoms with Crippen LogP contribution >= 0.6 is 23.4 Å². The lowest BCUT2D eigenvalue weighted by molar-refractivity contribution is 0.613. The predicted molar refractivity (Wildman–Crippen MR) is 145 cm³/mol. The van der Waals surface area contributed by atoms with Crippen LogP contribution < -0.4 is 10.6 Å². The van der Waals surface area contributed by atoms with Gasteiger partial charge in [-0.3, -0.25) is 0 Å². The zero-order valence-corrected chi connectivity index (χ0v) is 21.2. The number of nitrogens with one attached hydrogen (secondary N) is 4. The van der Waals surface area contributed by atoms with E-state index < -0.39 is 0 Å². The number of thioether (sulfide) groups is 1. The summed E-state index contributed by atoms with van der Waals surface area (Å²) in [4.78, 5) is 16.2. The highest BCUT2D eigenvalue weighted by Gasteiger charge is 2.26. The number of hydrogen-bond donors (Lipinski definition) is 4. The molecule has 2 aromatic heterocycles. The molecule has 4 N–H and O–H groups in total. The van der Waals surface area contributed by atoms with E-state index in [1.165, 1.54) is 12.0 Å². The summed E-state index contributed by atoms with van der Waals surface area (Å²) in [6, 6.07) is 17.7. The molecule has 8 heteroatoms. The van der Waals surface area contributed by atoms with Gasteiger partial charge in [0, 0.05) is 17.4 Å². The average molecular weight is 505 g/mol. The Labute approximate surface area is 214 Å². The number of aromatic amines is 2. The van der Waals surface area contributed by atoms with Crippen LogP contribution in [0.2, 0.25) is 5.15 Å². The minimum Gasteiger partial charge on any atom is -0.341 e. The summed E-state index contributed by atoms with van der Waals surface area (Å²) >= 11 is 8.39. The monoisotopic (exact) mass is 504 g/mol. The molecule has 2 aromatic carbocycles. The number of rotatable bonds is 6. The first kappa shape index (κ1) is 22.9. The van der Waals surface area contributed by atoms with Crippen molar-refractivity contribution >= 4 is 23.4 Å². The molecule has 6 rings (SSSR count). The predicted octanol–water partition coefficient (Wildman–Crippen LogP) is 5.98. The quantitative estimate of drug-likeness (QED) is 0.260. The molecule has 2 saturated heterocycles. The van der Waals surface area contributed by atoms with E-state index in [1.807, 2.05) is 18.0 Å². The Hall–Kier alpha value is -2.58. The molecule has 2 fully saturated rings. The second kappa shape index (κ2) is 9.82. The molecular weight excluding hydrogens is 476 g/mol. The molecule has 0 amide bonds. The smallest absolute Gasteiger partial charge is 0.155 e. The van der Waals surface area contributed by atoms with Gasteiger partial charge in [0.15, 0.2) is 5.15 Å². The number of H-pyrrole nitrogens is 2. The molecule has 35 heavy (non-hydrogen) atoms. The van der Waals surface area contributed by atoms with E-state index in [0.29, 0.717) is 16.4 Å². The third-order valence-electron chi connectivity index (χ3n) is 7.12. The Morgan fingerprint density at radius 1 is 0.857 bits per heavy atom. The maximum absolute atomic E-state index is 6.46. The number of hydrogen-bond acceptors (Lipinski definition) is 5. The van der Waals surface area contributed by atoms with Gasteiger partial charge in [-0.25, -0.2) is 9.97 Å². The Kier molecular flexibility index (Phi) is 6.41. The Morgan fingerprint density at radius 3 is 2.23 bits per heavy atom. The maximum Gasteiger partial charge on any atom is 0.155 e. The van der Waals surface area contributed by atoms with Crippen LogP contribution in [0.15, 0.2) is 54.7 Å². The molecule has 0 bridgehead atoms. The Balaban J connectivity index is 1.16. The summed E-state index contributed by atoms with van der Waals surface area (Å²) in [5.41, 5.74) is 6.46. The summed E-state index contributed by atoms with van der Waals surface area (Å²) in [5.74, 6) is 1.96. The van der Waals surface area contributed by atoms with Crippen LogP contribution in [0.5, 0.6) is 0 Å². The highest BCUT2D eigenvalue weighted by molar-refractivity contribution is 7.99. The van der Waals surface area contributed by atoms with Gasteiger partial charge in [-0.2, -0.15) is 11.8 Å². The van der Waals surface area contributed by atoms with Crippen LogP contribution in [-0.2, 0) is 0 Å². The van der Waals surface area contributed by atoms with Crippen LogP contribution in [-0.4, -0.2) is 44.5 Å². The lowest BCUT2D eigenvalue weighted by atomic mass is 10.0. The van der Waals surface area contributed by atoms with Crippen molar-refractivity contribution in [1.29, 1.82) is 0 Å². The fourth-order valence-corrected chi connectivity index (χ4v) is 5.96. The van der Waals surface area contributed by atoms with Gasteiger partial charge < -0.3 is 20.6 Å². The average Bonchev–Trinajstić information content (AvgIpc) is 3.70. The third-order valence-corrected chi connectivity index (χ3v) is 8.42. The highest BCUT2D eigenvalue weighted by atomic mass is 35.5. The molecule has 2 aliphatic heterocycles. The first-order valence-electron chi connectivity index (χ1n) is 12.2. The first-order chi connectivity index (χ1) is 17.2. The van der Waals surface area contributed by atoms with Crippen LogP contribution in [0.4, 0.5) is 0 Å². The molecule has 0 unspecified atom stereocenters. The summed E-state index contributed by atoms with van der Waals surface area (Å²) in [6.45, 7) is 2.07. The van der Waals surface area contributed by atoms with Gasteiger partial charge in [0.05, 0.1) is 29.7 Å². The second-order valence-corrected chi connectivity index (χ2v) is 10.8. The minimum atomic E-state index is 0.270. The van der Waals surface area contributed by atoms with Crippen LogP contribution in [0.1, 0.15) is 43.0 Å². The number of halogens is 1. The Bertz CT molecular complexity index is 1290. The number of benzene rings is 2. The van der Waals surface area contributed by atoms with Crippen LogP contribution in [0.25, 0.3) is 33.6 Å². The second-order valence-electron chi connectivity index (χ2n) is 9.33. The molecule has 4 heterocycles. The largest absolute Gasteiger partial charge is 0.341 e. The topological polar surface area (TPSA) is 81.4 Å². The SMILES string of the molecule is CS[C@@H]1CN[C@H](c2ncc(-c3ccc(-c4ccc(-c5[nH]c([C@@H]6CCCN6)nc5Cl)cc4)cc3)[nH]2)C1. The molecule has 6 nitrogen and oxygen atoms in total. The van der Waals surface area contributed by atoms with Crippen molar-refractivity contribution < 1.29 is 0 Å². The molecule has 0 saturated carbocycles. The van der Waals surface area contributed by atoms with E-state index in [1.54, 1.807) is 0 Å². The van der Waals surface area contributed by atoms with Gasteiger partial charge in [0.25, 0.3) is 0 Å². The van der Waals surface area contributed by atoms with Crippen LogP contribution in [0.3, 0.4) is 0 Å². The number of imidazole rings is 2. The molecule has 2 aliphatic rings. The fourth-order valence-electron chi connectivity index (χ4n) is 5.07. The van der Waals surface area contributed by atoms with Crippen LogP contribution in [0, 0.1) is 0 Å². The summed E-state index contributed by atoms with van der Waals surface area (Å²) < 4.78 is 0. The zero-order chi connectivity index (χ0) is 23.8. The molecule has 4 aromatic rings. The van der Waals surface area contributed by atoms with Crippen molar-refractivity contribution in [2.24, 2.45) is 0 Å². The molecule has 0 radical (unpaired) electrons. The molecule has 0 spiro atoms. The first-order valence-corrected chi connectivity index (χ1v) is 13.9. The zero-order valence-electron chi connectivity index (χ0n) is 19.6. The molecule has 180 valence electrons. The van der Waals surface area contributed by atoms with Crippen molar-refractivity contribution in [3.8, 4) is 33.6 Å². The summed E-state index contributed by atoms with van der Waals surface area (Å²) in [5, 5.41) is 8.23. The fraction of sp³-hybridized carbons (Fsp3) is 0.333. The standard InChI is InChI=1S/C27H29ClN6S/c1-35-20-13-22(30-14-20)26-31-15-23(32-26)18-8-4-16(5-9-18)17-6-10-19(11-7-17)24-25(28)34-27(33-24)21-3-2-12-29-21/h4-11,15,20-22,29-30H,2-3,12-14H2,1H3,(H,31,32)(H,33,34)/t20-,21-,22-/m0/s1. The number of nitrogens with zero attached hydrogens (tertiary/aromatic N) is 2. The molecular formula is C27H29ClN6S. The normalized spacial score (nSPS) is 22.2. The van der Waals surface area contributed by atoms with Crippen molar-refractivity contribution in [2.45, 2.75) is 36.6 Å². The van der Waals surface area contributed by atoms with Crippen molar-refractivity contribution in [2.75, 3.05) is 19.3 Å². The van der Waals surface area contributed by atoms with Gasteiger partial charge in [0.2, 0.25) is 0 Å². The van der Waals surface area contributed by atoms with E-state index in [2.05, 4.69) is 85.4 Å². The lowest BCUT2D eigenvalue weighted by Gasteiger charge is -2.07. The maximum atomic E-state index is 6.46. The summed E-state index contributed by atoms with van der Waals surface area (Å²) in [6.07, 6.45) is 7.49. The Morgan fingerprint density at radius 2 is 1.57 bits per heavy atom. The minimum absolute atomic E-state index is 0.270. The number of aromatic nitrogens is 4. The molecule has 3 atom stereocenters.